The normalized spacial score (nSPS) is 12.4. The van der Waals surface area contributed by atoms with Crippen molar-refractivity contribution in [1.82, 2.24) is 10.2 Å². The summed E-state index contributed by atoms with van der Waals surface area (Å²) >= 11 is 12.4. The van der Waals surface area contributed by atoms with Gasteiger partial charge < -0.3 is 10.2 Å². The molecule has 0 aliphatic rings. The molecule has 0 saturated heterocycles. The third-order valence-electron chi connectivity index (χ3n) is 5.14. The number of rotatable bonds is 10. The number of amides is 2. The second-order valence-corrected chi connectivity index (χ2v) is 11.2. The van der Waals surface area contributed by atoms with Gasteiger partial charge >= 0.3 is 0 Å². The van der Waals surface area contributed by atoms with Crippen LogP contribution in [0.25, 0.3) is 0 Å². The molecule has 2 aromatic rings. The minimum atomic E-state index is -3.78. The predicted molar refractivity (Wildman–Crippen MR) is 138 cm³/mol. The number of nitrogens with one attached hydrogen (secondary N) is 1. The van der Waals surface area contributed by atoms with Crippen molar-refractivity contribution < 1.29 is 18.0 Å². The molecule has 10 heteroatoms. The third-order valence-corrected chi connectivity index (χ3v) is 6.87. The summed E-state index contributed by atoms with van der Waals surface area (Å²) in [6.45, 7) is 6.85. The monoisotopic (exact) mass is 527 g/mol. The fourth-order valence-electron chi connectivity index (χ4n) is 3.53. The number of aryl methyl sites for hydroxylation is 1. The summed E-state index contributed by atoms with van der Waals surface area (Å²) in [5, 5.41) is 3.64. The Hall–Kier alpha value is -2.29. The molecular formula is C24H31Cl2N3O4S. The van der Waals surface area contributed by atoms with Gasteiger partial charge in [0.05, 0.1) is 11.9 Å². The summed E-state index contributed by atoms with van der Waals surface area (Å²) in [5.74, 6) is -0.846. The standard InChI is InChI=1S/C24H31Cl2N3O4S/c1-6-22(24(31)27-16(2)3)28(14-18-10-11-19(25)13-21(18)26)23(30)15-29(34(5,32)33)20-9-7-8-17(4)12-20/h7-13,16,22H,6,14-15H2,1-5H3,(H,27,31)/t22-/m1/s1. The van der Waals surface area contributed by atoms with E-state index in [1.807, 2.05) is 26.8 Å². The van der Waals surface area contributed by atoms with Gasteiger partial charge in [0.1, 0.15) is 12.6 Å². The molecule has 2 aromatic carbocycles. The zero-order valence-corrected chi connectivity index (χ0v) is 22.3. The van der Waals surface area contributed by atoms with Gasteiger partial charge in [0.15, 0.2) is 0 Å². The van der Waals surface area contributed by atoms with Crippen molar-refractivity contribution >= 4 is 50.7 Å². The van der Waals surface area contributed by atoms with Crippen LogP contribution in [0.15, 0.2) is 42.5 Å². The van der Waals surface area contributed by atoms with Gasteiger partial charge in [-0.3, -0.25) is 13.9 Å². The Labute approximate surface area is 212 Å². The quantitative estimate of drug-likeness (QED) is 0.495. The first-order valence-electron chi connectivity index (χ1n) is 10.9. The van der Waals surface area contributed by atoms with Crippen LogP contribution in [0.3, 0.4) is 0 Å². The van der Waals surface area contributed by atoms with E-state index in [2.05, 4.69) is 5.32 Å². The number of nitrogens with zero attached hydrogens (tertiary/aromatic N) is 2. The number of halogens is 2. The Morgan fingerprint density at radius 2 is 1.76 bits per heavy atom. The van der Waals surface area contributed by atoms with Crippen molar-refractivity contribution in [3.8, 4) is 0 Å². The van der Waals surface area contributed by atoms with Crippen LogP contribution < -0.4 is 9.62 Å². The first-order valence-corrected chi connectivity index (χ1v) is 13.5. The van der Waals surface area contributed by atoms with E-state index in [0.29, 0.717) is 27.7 Å². The molecule has 186 valence electrons. The Morgan fingerprint density at radius 3 is 2.29 bits per heavy atom. The molecule has 0 saturated carbocycles. The van der Waals surface area contributed by atoms with Crippen molar-refractivity contribution in [2.75, 3.05) is 17.1 Å². The molecule has 1 atom stereocenters. The molecule has 0 fully saturated rings. The highest BCUT2D eigenvalue weighted by Gasteiger charge is 2.32. The molecule has 1 N–H and O–H groups in total. The maximum absolute atomic E-state index is 13.6. The van der Waals surface area contributed by atoms with Crippen molar-refractivity contribution in [1.29, 1.82) is 0 Å². The lowest BCUT2D eigenvalue weighted by molar-refractivity contribution is -0.140. The smallest absolute Gasteiger partial charge is 0.244 e. The number of sulfonamides is 1. The second-order valence-electron chi connectivity index (χ2n) is 8.45. The summed E-state index contributed by atoms with van der Waals surface area (Å²) in [7, 11) is -3.78. The number of hydrogen-bond donors (Lipinski definition) is 1. The van der Waals surface area contributed by atoms with Crippen molar-refractivity contribution in [2.24, 2.45) is 0 Å². The molecule has 2 rings (SSSR count). The van der Waals surface area contributed by atoms with Gasteiger partial charge in [-0.15, -0.1) is 0 Å². The van der Waals surface area contributed by atoms with Crippen LogP contribution in [0.1, 0.15) is 38.3 Å². The molecule has 34 heavy (non-hydrogen) atoms. The average Bonchev–Trinajstić information content (AvgIpc) is 2.71. The van der Waals surface area contributed by atoms with E-state index in [0.717, 1.165) is 16.1 Å². The summed E-state index contributed by atoms with van der Waals surface area (Å²) in [6, 6.07) is 10.8. The molecule has 0 aliphatic heterocycles. The van der Waals surface area contributed by atoms with Crippen LogP contribution in [0.5, 0.6) is 0 Å². The van der Waals surface area contributed by atoms with Gasteiger partial charge in [-0.1, -0.05) is 48.3 Å². The number of hydrogen-bond acceptors (Lipinski definition) is 4. The lowest BCUT2D eigenvalue weighted by Crippen LogP contribution is -2.53. The van der Waals surface area contributed by atoms with Gasteiger partial charge in [-0.2, -0.15) is 0 Å². The minimum Gasteiger partial charge on any atom is -0.352 e. The average molecular weight is 529 g/mol. The zero-order valence-electron chi connectivity index (χ0n) is 20.0. The fraction of sp³-hybridized carbons (Fsp3) is 0.417. The first-order chi connectivity index (χ1) is 15.8. The largest absolute Gasteiger partial charge is 0.352 e. The maximum Gasteiger partial charge on any atom is 0.244 e. The van der Waals surface area contributed by atoms with Gasteiger partial charge in [0.25, 0.3) is 0 Å². The Balaban J connectivity index is 2.48. The summed E-state index contributed by atoms with van der Waals surface area (Å²) in [4.78, 5) is 27.9. The molecule has 0 heterocycles. The van der Waals surface area contributed by atoms with Gasteiger partial charge in [-0.05, 0) is 62.6 Å². The molecule has 2 amide bonds. The Morgan fingerprint density at radius 1 is 1.09 bits per heavy atom. The Kier molecular flexibility index (Phi) is 9.79. The number of carbonyl (C=O) groups is 2. The minimum absolute atomic E-state index is 0.0181. The van der Waals surface area contributed by atoms with E-state index in [1.54, 1.807) is 43.3 Å². The van der Waals surface area contributed by atoms with Crippen LogP contribution >= 0.6 is 23.2 Å². The topological polar surface area (TPSA) is 86.8 Å². The van der Waals surface area contributed by atoms with Crippen molar-refractivity contribution in [3.05, 3.63) is 63.6 Å². The van der Waals surface area contributed by atoms with Crippen molar-refractivity contribution in [2.45, 2.75) is 52.7 Å². The zero-order chi connectivity index (χ0) is 25.6. The van der Waals surface area contributed by atoms with Crippen LogP contribution in [0.2, 0.25) is 10.0 Å². The van der Waals surface area contributed by atoms with E-state index < -0.39 is 28.5 Å². The predicted octanol–water partition coefficient (Wildman–Crippen LogP) is 4.40. The van der Waals surface area contributed by atoms with Crippen LogP contribution in [0, 0.1) is 6.92 Å². The highest BCUT2D eigenvalue weighted by molar-refractivity contribution is 7.92. The third kappa shape index (κ3) is 7.61. The molecule has 0 bridgehead atoms. The van der Waals surface area contributed by atoms with Gasteiger partial charge in [0.2, 0.25) is 21.8 Å². The molecule has 0 aliphatic carbocycles. The molecule has 0 aromatic heterocycles. The van der Waals surface area contributed by atoms with Gasteiger partial charge in [0, 0.05) is 22.6 Å². The van der Waals surface area contributed by atoms with Crippen LogP contribution in [-0.2, 0) is 26.2 Å². The highest BCUT2D eigenvalue weighted by atomic mass is 35.5. The summed E-state index contributed by atoms with van der Waals surface area (Å²) < 4.78 is 26.3. The number of benzene rings is 2. The maximum atomic E-state index is 13.6. The van der Waals surface area contributed by atoms with E-state index in [4.69, 9.17) is 23.2 Å². The van der Waals surface area contributed by atoms with Gasteiger partial charge in [-0.25, -0.2) is 8.42 Å². The lowest BCUT2D eigenvalue weighted by Gasteiger charge is -2.33. The van der Waals surface area contributed by atoms with Crippen molar-refractivity contribution in [3.63, 3.8) is 0 Å². The molecular weight excluding hydrogens is 497 g/mol. The van der Waals surface area contributed by atoms with E-state index in [1.165, 1.54) is 4.90 Å². The summed E-state index contributed by atoms with van der Waals surface area (Å²) in [6.07, 6.45) is 1.38. The van der Waals surface area contributed by atoms with E-state index >= 15 is 0 Å². The van der Waals surface area contributed by atoms with E-state index in [9.17, 15) is 18.0 Å². The lowest BCUT2D eigenvalue weighted by atomic mass is 10.1. The number of carbonyl (C=O) groups excluding carboxylic acids is 2. The molecule has 7 nitrogen and oxygen atoms in total. The van der Waals surface area contributed by atoms with E-state index in [-0.39, 0.29) is 18.5 Å². The Bertz CT molecular complexity index is 1140. The van der Waals surface area contributed by atoms with Crippen LogP contribution in [-0.4, -0.2) is 50.0 Å². The highest BCUT2D eigenvalue weighted by Crippen LogP contribution is 2.25. The second kappa shape index (κ2) is 11.9. The molecule has 0 radical (unpaired) electrons. The number of anilines is 1. The first kappa shape index (κ1) is 28.0. The SMILES string of the molecule is CC[C@H](C(=O)NC(C)C)N(Cc1ccc(Cl)cc1Cl)C(=O)CN(c1cccc(C)c1)S(C)(=O)=O. The summed E-state index contributed by atoms with van der Waals surface area (Å²) in [5.41, 5.74) is 1.82. The molecule has 0 spiro atoms. The van der Waals surface area contributed by atoms with Crippen LogP contribution in [0.4, 0.5) is 5.69 Å². The fourth-order valence-corrected chi connectivity index (χ4v) is 4.84. The molecule has 0 unspecified atom stereocenters.